The van der Waals surface area contributed by atoms with Crippen LogP contribution in [0.5, 0.6) is 11.5 Å². The van der Waals surface area contributed by atoms with Crippen LogP contribution in [0, 0.1) is 0 Å². The average Bonchev–Trinajstić information content (AvgIpc) is 2.54. The molecule has 122 valence electrons. The molecule has 0 aliphatic heterocycles. The average molecular weight is 354 g/mol. The van der Waals surface area contributed by atoms with Gasteiger partial charge in [0.25, 0.3) is 5.91 Å². The summed E-state index contributed by atoms with van der Waals surface area (Å²) in [7, 11) is 4.79. The van der Waals surface area contributed by atoms with E-state index in [-0.39, 0.29) is 5.91 Å². The molecular formula is C17H17Cl2NO3. The van der Waals surface area contributed by atoms with Gasteiger partial charge < -0.3 is 14.4 Å². The molecule has 0 atom stereocenters. The normalized spacial score (nSPS) is 10.3. The fourth-order valence-electron chi connectivity index (χ4n) is 2.25. The molecular weight excluding hydrogens is 337 g/mol. The number of nitrogens with zero attached hydrogens (tertiary/aromatic N) is 1. The topological polar surface area (TPSA) is 38.8 Å². The SMILES string of the molecule is COc1ccc(Cl)cc1CN(C)C(=O)c1ccc(Cl)cc1OC. The monoisotopic (exact) mass is 353 g/mol. The lowest BCUT2D eigenvalue weighted by Crippen LogP contribution is -2.26. The maximum absolute atomic E-state index is 12.7. The van der Waals surface area contributed by atoms with Gasteiger partial charge in [0, 0.05) is 29.2 Å². The Bertz CT molecular complexity index is 719. The van der Waals surface area contributed by atoms with Crippen molar-refractivity contribution in [2.75, 3.05) is 21.3 Å². The van der Waals surface area contributed by atoms with E-state index < -0.39 is 0 Å². The number of methoxy groups -OCH3 is 2. The number of hydrogen-bond acceptors (Lipinski definition) is 3. The molecule has 0 saturated carbocycles. The molecule has 0 saturated heterocycles. The zero-order valence-electron chi connectivity index (χ0n) is 13.1. The highest BCUT2D eigenvalue weighted by Gasteiger charge is 2.18. The number of ether oxygens (including phenoxy) is 2. The van der Waals surface area contributed by atoms with Gasteiger partial charge in [0.05, 0.1) is 19.8 Å². The number of hydrogen-bond donors (Lipinski definition) is 0. The quantitative estimate of drug-likeness (QED) is 0.804. The summed E-state index contributed by atoms with van der Waals surface area (Å²) < 4.78 is 10.5. The highest BCUT2D eigenvalue weighted by Crippen LogP contribution is 2.27. The minimum Gasteiger partial charge on any atom is -0.496 e. The number of carbonyl (C=O) groups is 1. The summed E-state index contributed by atoms with van der Waals surface area (Å²) in [6, 6.07) is 10.2. The molecule has 0 N–H and O–H groups in total. The zero-order chi connectivity index (χ0) is 17.0. The summed E-state index contributed by atoms with van der Waals surface area (Å²) in [5.41, 5.74) is 1.27. The second-order valence-electron chi connectivity index (χ2n) is 4.96. The summed E-state index contributed by atoms with van der Waals surface area (Å²) in [5, 5.41) is 1.10. The van der Waals surface area contributed by atoms with Gasteiger partial charge in [-0.05, 0) is 36.4 Å². The molecule has 2 aromatic carbocycles. The Balaban J connectivity index is 2.26. The first-order valence-corrected chi connectivity index (χ1v) is 7.63. The van der Waals surface area contributed by atoms with Gasteiger partial charge >= 0.3 is 0 Å². The van der Waals surface area contributed by atoms with Crippen LogP contribution in [0.2, 0.25) is 10.0 Å². The molecule has 1 amide bonds. The molecule has 6 heteroatoms. The molecule has 0 aliphatic rings. The molecule has 0 radical (unpaired) electrons. The number of amides is 1. The smallest absolute Gasteiger partial charge is 0.257 e. The van der Waals surface area contributed by atoms with Crippen molar-refractivity contribution in [2.24, 2.45) is 0 Å². The zero-order valence-corrected chi connectivity index (χ0v) is 14.6. The van der Waals surface area contributed by atoms with Crippen molar-refractivity contribution in [3.63, 3.8) is 0 Å². The van der Waals surface area contributed by atoms with Crippen molar-refractivity contribution in [2.45, 2.75) is 6.54 Å². The Kier molecular flexibility index (Phi) is 5.74. The molecule has 4 nitrogen and oxygen atoms in total. The van der Waals surface area contributed by atoms with Gasteiger partial charge in [-0.1, -0.05) is 23.2 Å². The van der Waals surface area contributed by atoms with E-state index in [2.05, 4.69) is 0 Å². The molecule has 0 bridgehead atoms. The minimum atomic E-state index is -0.180. The molecule has 0 aromatic heterocycles. The van der Waals surface area contributed by atoms with E-state index in [1.807, 2.05) is 0 Å². The van der Waals surface area contributed by atoms with Crippen LogP contribution in [0.4, 0.5) is 0 Å². The van der Waals surface area contributed by atoms with E-state index in [0.717, 1.165) is 5.56 Å². The number of halogens is 2. The Morgan fingerprint density at radius 3 is 2.26 bits per heavy atom. The molecule has 0 heterocycles. The number of carbonyl (C=O) groups excluding carboxylic acids is 1. The Labute approximate surface area is 145 Å². The van der Waals surface area contributed by atoms with Gasteiger partial charge in [-0.15, -0.1) is 0 Å². The first kappa shape index (κ1) is 17.4. The van der Waals surface area contributed by atoms with Crippen molar-refractivity contribution >= 4 is 29.1 Å². The van der Waals surface area contributed by atoms with Crippen LogP contribution in [0.15, 0.2) is 36.4 Å². The summed E-state index contributed by atoms with van der Waals surface area (Å²) >= 11 is 12.0. The Morgan fingerprint density at radius 1 is 1.00 bits per heavy atom. The van der Waals surface area contributed by atoms with Crippen molar-refractivity contribution in [1.29, 1.82) is 0 Å². The Morgan fingerprint density at radius 2 is 1.61 bits per heavy atom. The van der Waals surface area contributed by atoms with Crippen LogP contribution in [0.3, 0.4) is 0 Å². The summed E-state index contributed by atoms with van der Waals surface area (Å²) in [4.78, 5) is 14.2. The van der Waals surface area contributed by atoms with Crippen LogP contribution >= 0.6 is 23.2 Å². The van der Waals surface area contributed by atoms with E-state index >= 15 is 0 Å². The third-order valence-electron chi connectivity index (χ3n) is 3.39. The molecule has 2 aromatic rings. The van der Waals surface area contributed by atoms with Crippen LogP contribution in [0.25, 0.3) is 0 Å². The van der Waals surface area contributed by atoms with E-state index in [4.69, 9.17) is 32.7 Å². The predicted octanol–water partition coefficient (Wildman–Crippen LogP) is 4.28. The second kappa shape index (κ2) is 7.57. The van der Waals surface area contributed by atoms with Gasteiger partial charge in [-0.2, -0.15) is 0 Å². The Hall–Kier alpha value is -1.91. The third-order valence-corrected chi connectivity index (χ3v) is 3.86. The fourth-order valence-corrected chi connectivity index (χ4v) is 2.60. The predicted molar refractivity (Wildman–Crippen MR) is 91.8 cm³/mol. The van der Waals surface area contributed by atoms with Gasteiger partial charge in [0.1, 0.15) is 11.5 Å². The van der Waals surface area contributed by atoms with E-state index in [1.54, 1.807) is 55.5 Å². The fraction of sp³-hybridized carbons (Fsp3) is 0.235. The lowest BCUT2D eigenvalue weighted by atomic mass is 10.1. The third kappa shape index (κ3) is 4.09. The highest BCUT2D eigenvalue weighted by molar-refractivity contribution is 6.31. The summed E-state index contributed by atoms with van der Waals surface area (Å²) in [6.45, 7) is 0.356. The van der Waals surface area contributed by atoms with Crippen LogP contribution in [-0.4, -0.2) is 32.1 Å². The van der Waals surface area contributed by atoms with Crippen molar-refractivity contribution in [3.05, 3.63) is 57.6 Å². The lowest BCUT2D eigenvalue weighted by molar-refractivity contribution is 0.0781. The molecule has 0 fully saturated rings. The van der Waals surface area contributed by atoms with Crippen molar-refractivity contribution in [1.82, 2.24) is 4.90 Å². The maximum atomic E-state index is 12.7. The molecule has 23 heavy (non-hydrogen) atoms. The summed E-state index contributed by atoms with van der Waals surface area (Å²) in [5.74, 6) is 0.935. The number of rotatable bonds is 5. The molecule has 2 rings (SSSR count). The maximum Gasteiger partial charge on any atom is 0.257 e. The summed E-state index contributed by atoms with van der Waals surface area (Å²) in [6.07, 6.45) is 0. The molecule has 0 spiro atoms. The molecule has 0 unspecified atom stereocenters. The van der Waals surface area contributed by atoms with E-state index in [0.29, 0.717) is 33.7 Å². The van der Waals surface area contributed by atoms with Gasteiger partial charge in [-0.25, -0.2) is 0 Å². The number of benzene rings is 2. The van der Waals surface area contributed by atoms with Crippen molar-refractivity contribution in [3.8, 4) is 11.5 Å². The largest absolute Gasteiger partial charge is 0.496 e. The van der Waals surface area contributed by atoms with E-state index in [9.17, 15) is 4.79 Å². The van der Waals surface area contributed by atoms with Gasteiger partial charge in [0.2, 0.25) is 0 Å². The first-order valence-electron chi connectivity index (χ1n) is 6.87. The van der Waals surface area contributed by atoms with Crippen LogP contribution < -0.4 is 9.47 Å². The highest BCUT2D eigenvalue weighted by atomic mass is 35.5. The first-order chi connectivity index (χ1) is 11.0. The van der Waals surface area contributed by atoms with E-state index in [1.165, 1.54) is 7.11 Å². The lowest BCUT2D eigenvalue weighted by Gasteiger charge is -2.20. The van der Waals surface area contributed by atoms with Gasteiger partial charge in [0.15, 0.2) is 0 Å². The minimum absolute atomic E-state index is 0.180. The van der Waals surface area contributed by atoms with Crippen LogP contribution in [0.1, 0.15) is 15.9 Å². The van der Waals surface area contributed by atoms with Crippen LogP contribution in [-0.2, 0) is 6.54 Å². The standard InChI is InChI=1S/C17H17Cl2NO3/c1-20(10-11-8-12(18)5-7-15(11)22-2)17(21)14-6-4-13(19)9-16(14)23-3/h4-9H,10H2,1-3H3. The van der Waals surface area contributed by atoms with Crippen molar-refractivity contribution < 1.29 is 14.3 Å². The van der Waals surface area contributed by atoms with Gasteiger partial charge in [-0.3, -0.25) is 4.79 Å². The molecule has 0 aliphatic carbocycles. The second-order valence-corrected chi connectivity index (χ2v) is 5.83.